The van der Waals surface area contributed by atoms with Crippen molar-refractivity contribution < 1.29 is 9.53 Å². The molecule has 8 heteroatoms. The van der Waals surface area contributed by atoms with E-state index in [1.54, 1.807) is 6.20 Å². The first-order valence-electron chi connectivity index (χ1n) is 11.3. The van der Waals surface area contributed by atoms with Crippen molar-refractivity contribution in [2.75, 3.05) is 49.5 Å². The Morgan fingerprint density at radius 1 is 1.16 bits per heavy atom. The monoisotopic (exact) mass is 422 g/mol. The third-order valence-electron chi connectivity index (χ3n) is 6.39. The summed E-state index contributed by atoms with van der Waals surface area (Å²) in [5, 5.41) is 10.2. The van der Waals surface area contributed by atoms with Crippen LogP contribution in [0.5, 0.6) is 5.75 Å². The summed E-state index contributed by atoms with van der Waals surface area (Å²) in [5.74, 6) is 2.56. The number of anilines is 2. The maximum Gasteiger partial charge on any atom is 0.259 e. The highest BCUT2D eigenvalue weighted by atomic mass is 16.5. The SMILES string of the molecule is O=C(c1ccc2c(c1)CCO2)N(CC1CCNCC1)c1ccnc(N[C@H]2CCNC2)n1. The van der Waals surface area contributed by atoms with Gasteiger partial charge in [0.2, 0.25) is 5.95 Å². The molecule has 1 amide bonds. The number of carbonyl (C=O) groups excluding carboxylic acids is 1. The molecular formula is C23H30N6O2. The molecule has 1 aromatic heterocycles. The molecule has 0 spiro atoms. The second-order valence-corrected chi connectivity index (χ2v) is 8.60. The van der Waals surface area contributed by atoms with Crippen LogP contribution in [0.3, 0.4) is 0 Å². The van der Waals surface area contributed by atoms with Gasteiger partial charge in [0.25, 0.3) is 5.91 Å². The highest BCUT2D eigenvalue weighted by molar-refractivity contribution is 6.05. The maximum atomic E-state index is 13.7. The van der Waals surface area contributed by atoms with Gasteiger partial charge in [0, 0.05) is 37.3 Å². The molecule has 164 valence electrons. The van der Waals surface area contributed by atoms with Gasteiger partial charge in [-0.2, -0.15) is 4.98 Å². The van der Waals surface area contributed by atoms with Crippen LogP contribution in [0.25, 0.3) is 0 Å². The average Bonchev–Trinajstić information content (AvgIpc) is 3.49. The van der Waals surface area contributed by atoms with Crippen molar-refractivity contribution in [1.29, 1.82) is 0 Å². The number of hydrogen-bond donors (Lipinski definition) is 3. The van der Waals surface area contributed by atoms with Crippen LogP contribution < -0.4 is 25.6 Å². The molecule has 0 radical (unpaired) electrons. The summed E-state index contributed by atoms with van der Waals surface area (Å²) in [6.45, 7) is 5.24. The zero-order valence-corrected chi connectivity index (χ0v) is 17.8. The molecule has 2 aromatic rings. The topological polar surface area (TPSA) is 91.4 Å². The molecule has 3 aliphatic rings. The Morgan fingerprint density at radius 3 is 2.87 bits per heavy atom. The Bertz CT molecular complexity index is 924. The van der Waals surface area contributed by atoms with E-state index in [9.17, 15) is 4.79 Å². The number of nitrogens with one attached hydrogen (secondary N) is 3. The number of fused-ring (bicyclic) bond motifs is 1. The van der Waals surface area contributed by atoms with Crippen LogP contribution in [0.2, 0.25) is 0 Å². The summed E-state index contributed by atoms with van der Waals surface area (Å²) in [5.41, 5.74) is 1.79. The van der Waals surface area contributed by atoms with Gasteiger partial charge in [-0.25, -0.2) is 4.98 Å². The van der Waals surface area contributed by atoms with E-state index in [4.69, 9.17) is 9.72 Å². The van der Waals surface area contributed by atoms with Gasteiger partial charge in [0.05, 0.1) is 6.61 Å². The first kappa shape index (κ1) is 20.2. The van der Waals surface area contributed by atoms with Crippen LogP contribution in [-0.2, 0) is 6.42 Å². The predicted molar refractivity (Wildman–Crippen MR) is 120 cm³/mol. The van der Waals surface area contributed by atoms with Crippen molar-refractivity contribution in [3.8, 4) is 5.75 Å². The van der Waals surface area contributed by atoms with E-state index in [1.807, 2.05) is 29.2 Å². The molecule has 2 saturated heterocycles. The molecule has 0 aliphatic carbocycles. The molecule has 0 unspecified atom stereocenters. The van der Waals surface area contributed by atoms with Gasteiger partial charge < -0.3 is 20.7 Å². The van der Waals surface area contributed by atoms with Crippen molar-refractivity contribution in [3.05, 3.63) is 41.6 Å². The fourth-order valence-corrected chi connectivity index (χ4v) is 4.61. The van der Waals surface area contributed by atoms with E-state index in [2.05, 4.69) is 20.9 Å². The Balaban J connectivity index is 1.41. The molecule has 2 fully saturated rings. The van der Waals surface area contributed by atoms with E-state index >= 15 is 0 Å². The number of carbonyl (C=O) groups is 1. The average molecular weight is 423 g/mol. The Hall–Kier alpha value is -2.71. The minimum atomic E-state index is -0.0135. The lowest BCUT2D eigenvalue weighted by Gasteiger charge is -2.30. The van der Waals surface area contributed by atoms with Crippen molar-refractivity contribution in [1.82, 2.24) is 20.6 Å². The fourth-order valence-electron chi connectivity index (χ4n) is 4.61. The lowest BCUT2D eigenvalue weighted by Crippen LogP contribution is -2.40. The van der Waals surface area contributed by atoms with E-state index in [0.29, 0.717) is 42.4 Å². The van der Waals surface area contributed by atoms with Crippen LogP contribution in [0.4, 0.5) is 11.8 Å². The van der Waals surface area contributed by atoms with E-state index < -0.39 is 0 Å². The largest absolute Gasteiger partial charge is 0.493 e. The predicted octanol–water partition coefficient (Wildman–Crippen LogP) is 1.83. The zero-order valence-electron chi connectivity index (χ0n) is 17.8. The first-order chi connectivity index (χ1) is 15.3. The number of ether oxygens (including phenoxy) is 1. The van der Waals surface area contributed by atoms with Crippen LogP contribution in [0.15, 0.2) is 30.5 Å². The van der Waals surface area contributed by atoms with Crippen LogP contribution in [0, 0.1) is 5.92 Å². The van der Waals surface area contributed by atoms with E-state index in [1.165, 1.54) is 0 Å². The molecule has 5 rings (SSSR count). The minimum absolute atomic E-state index is 0.0135. The number of hydrogen-bond acceptors (Lipinski definition) is 7. The molecule has 1 aromatic carbocycles. The van der Waals surface area contributed by atoms with Gasteiger partial charge in [-0.15, -0.1) is 0 Å². The summed E-state index contributed by atoms with van der Waals surface area (Å²) in [6, 6.07) is 7.92. The molecule has 3 N–H and O–H groups in total. The smallest absolute Gasteiger partial charge is 0.259 e. The second-order valence-electron chi connectivity index (χ2n) is 8.60. The van der Waals surface area contributed by atoms with E-state index in [-0.39, 0.29) is 5.91 Å². The Morgan fingerprint density at radius 2 is 2.03 bits per heavy atom. The molecule has 3 aliphatic heterocycles. The second kappa shape index (κ2) is 9.20. The summed E-state index contributed by atoms with van der Waals surface area (Å²) >= 11 is 0. The van der Waals surface area contributed by atoms with Gasteiger partial charge in [0.1, 0.15) is 11.6 Å². The van der Waals surface area contributed by atoms with Gasteiger partial charge in [0.15, 0.2) is 0 Å². The molecule has 4 heterocycles. The summed E-state index contributed by atoms with van der Waals surface area (Å²) in [6.07, 6.45) is 5.76. The Kier molecular flexibility index (Phi) is 5.99. The standard InChI is InChI=1S/C23H30N6O2/c30-22(18-1-2-20-17(13-18)7-12-31-20)29(15-16-3-8-24-9-4-16)21-6-11-26-23(28-21)27-19-5-10-25-14-19/h1-2,6,11,13,16,19,24-25H,3-5,7-10,12,14-15H2,(H,26,27,28)/t19-/m0/s1. The number of benzene rings is 1. The normalized spacial score (nSPS) is 20.8. The third kappa shape index (κ3) is 4.65. The molecule has 1 atom stereocenters. The first-order valence-corrected chi connectivity index (χ1v) is 11.3. The number of rotatable bonds is 6. The summed E-state index contributed by atoms with van der Waals surface area (Å²) in [4.78, 5) is 24.6. The highest BCUT2D eigenvalue weighted by Crippen LogP contribution is 2.28. The summed E-state index contributed by atoms with van der Waals surface area (Å²) in [7, 11) is 0. The highest BCUT2D eigenvalue weighted by Gasteiger charge is 2.26. The van der Waals surface area contributed by atoms with Crippen LogP contribution >= 0.6 is 0 Å². The van der Waals surface area contributed by atoms with Gasteiger partial charge >= 0.3 is 0 Å². The maximum absolute atomic E-state index is 13.7. The van der Waals surface area contributed by atoms with Crippen LogP contribution in [-0.4, -0.2) is 61.2 Å². The summed E-state index contributed by atoms with van der Waals surface area (Å²) < 4.78 is 5.61. The lowest BCUT2D eigenvalue weighted by atomic mass is 9.97. The van der Waals surface area contributed by atoms with Crippen LogP contribution in [0.1, 0.15) is 35.2 Å². The fraction of sp³-hybridized carbons (Fsp3) is 0.522. The zero-order chi connectivity index (χ0) is 21.0. The Labute approximate surface area is 182 Å². The van der Waals surface area contributed by atoms with Gasteiger partial charge in [-0.05, 0) is 74.6 Å². The van der Waals surface area contributed by atoms with Gasteiger partial charge in [-0.3, -0.25) is 9.69 Å². The molecule has 8 nitrogen and oxygen atoms in total. The molecule has 0 saturated carbocycles. The quantitative estimate of drug-likeness (QED) is 0.654. The van der Waals surface area contributed by atoms with Gasteiger partial charge in [-0.1, -0.05) is 0 Å². The number of aromatic nitrogens is 2. The molecular weight excluding hydrogens is 392 g/mol. The third-order valence-corrected chi connectivity index (χ3v) is 6.39. The van der Waals surface area contributed by atoms with Crippen molar-refractivity contribution in [3.63, 3.8) is 0 Å². The molecule has 31 heavy (non-hydrogen) atoms. The van der Waals surface area contributed by atoms with Crippen molar-refractivity contribution in [2.45, 2.75) is 31.7 Å². The lowest BCUT2D eigenvalue weighted by molar-refractivity contribution is 0.0980. The number of piperidine rings is 1. The van der Waals surface area contributed by atoms with Crippen molar-refractivity contribution in [2.24, 2.45) is 5.92 Å². The van der Waals surface area contributed by atoms with E-state index in [0.717, 1.165) is 63.2 Å². The number of nitrogens with zero attached hydrogens (tertiary/aromatic N) is 3. The minimum Gasteiger partial charge on any atom is -0.493 e. The molecule has 0 bridgehead atoms. The van der Waals surface area contributed by atoms with Crippen molar-refractivity contribution >= 4 is 17.7 Å². The number of amides is 1.